The summed E-state index contributed by atoms with van der Waals surface area (Å²) in [6, 6.07) is 34.4. The Hall–Kier alpha value is -5.97. The maximum atomic E-state index is 11.3. The van der Waals surface area contributed by atoms with E-state index < -0.39 is 45.9 Å². The topological polar surface area (TPSA) is 274 Å². The molecule has 16 nitrogen and oxygen atoms in total. The van der Waals surface area contributed by atoms with Gasteiger partial charge in [0.1, 0.15) is 17.3 Å². The summed E-state index contributed by atoms with van der Waals surface area (Å²) in [7, 11) is -17.3. The van der Waals surface area contributed by atoms with Crippen LogP contribution in [0.3, 0.4) is 0 Å². The monoisotopic (exact) mass is 1000 g/mol. The largest absolute Gasteiger partial charge is 0.473 e. The Labute approximate surface area is 391 Å². The lowest BCUT2D eigenvalue weighted by molar-refractivity contribution is -0.115. The maximum absolute atomic E-state index is 11.3. The molecule has 0 spiro atoms. The third kappa shape index (κ3) is 17.0. The standard InChI is InChI=1S/C15H16O6S2.C14H14O6S2.C11H12O2.C4H4O.C3H6O/c1-15(2,11-5-3-7-13(9-11)22(16,17)18)12-6-4-8-14(10-12)23(19,20)21;1-10(11-4-2-6-13(8-11)21(15,16)17)12-5-3-7-14(9-12)22(18,19)20;1-11(2,9-5-3-7-12-9)10-6-4-8-13-10;1-2-4-5-3-1;1-3(2)4/h3-10H,1-2H3,(H,16,17,18)(H,19,20,21);2-10H,1H3,(H,15,16,17)(H,18,19,20);3-8H,1-2H3;1-4H;1-2H3. The molecule has 0 unspecified atom stereocenters. The van der Waals surface area contributed by atoms with E-state index >= 15 is 0 Å². The summed E-state index contributed by atoms with van der Waals surface area (Å²) in [5, 5.41) is 0. The van der Waals surface area contributed by atoms with Crippen LogP contribution in [0.4, 0.5) is 0 Å². The normalized spacial score (nSPS) is 11.9. The Morgan fingerprint density at radius 3 is 1.03 bits per heavy atom. The summed E-state index contributed by atoms with van der Waals surface area (Å²) < 4.78 is 142. The number of benzene rings is 4. The van der Waals surface area contributed by atoms with Crippen LogP contribution >= 0.6 is 0 Å². The molecule has 67 heavy (non-hydrogen) atoms. The number of carbonyl (C=O) groups excluding carboxylic acids is 1. The Morgan fingerprint density at radius 1 is 0.448 bits per heavy atom. The third-order valence-electron chi connectivity index (χ3n) is 9.72. The number of carbonyl (C=O) groups is 1. The molecule has 0 aliphatic rings. The first-order valence-corrected chi connectivity index (χ1v) is 25.5. The quantitative estimate of drug-likeness (QED) is 0.0928. The molecule has 3 heterocycles. The van der Waals surface area contributed by atoms with E-state index in [1.54, 1.807) is 70.1 Å². The summed E-state index contributed by atoms with van der Waals surface area (Å²) in [6.45, 7) is 12.5. The number of ketones is 1. The van der Waals surface area contributed by atoms with Crippen molar-refractivity contribution < 1.29 is 69.9 Å². The van der Waals surface area contributed by atoms with Crippen LogP contribution in [0.15, 0.2) is 191 Å². The van der Waals surface area contributed by atoms with E-state index in [2.05, 4.69) is 18.3 Å². The van der Waals surface area contributed by atoms with Crippen LogP contribution in [0.5, 0.6) is 0 Å². The molecular formula is C47H52O16S4. The van der Waals surface area contributed by atoms with Crippen molar-refractivity contribution in [3.63, 3.8) is 0 Å². The van der Waals surface area contributed by atoms with Gasteiger partial charge in [0, 0.05) is 11.3 Å². The number of Topliss-reactive ketones (excluding diaryl/α,β-unsaturated/α-hetero) is 1. The van der Waals surface area contributed by atoms with Crippen LogP contribution in [0.25, 0.3) is 0 Å². The van der Waals surface area contributed by atoms with Crippen LogP contribution in [0.1, 0.15) is 88.2 Å². The highest BCUT2D eigenvalue weighted by Crippen LogP contribution is 2.34. The summed E-state index contributed by atoms with van der Waals surface area (Å²) in [6.07, 6.45) is 6.61. The fraction of sp³-hybridized carbons (Fsp3) is 0.213. The van der Waals surface area contributed by atoms with Gasteiger partial charge in [0.2, 0.25) is 0 Å². The Bertz CT molecular complexity index is 2910. The van der Waals surface area contributed by atoms with Crippen molar-refractivity contribution in [3.8, 4) is 0 Å². The first-order valence-electron chi connectivity index (χ1n) is 19.8. The lowest BCUT2D eigenvalue weighted by Crippen LogP contribution is -2.20. The van der Waals surface area contributed by atoms with E-state index in [1.165, 1.54) is 86.6 Å². The van der Waals surface area contributed by atoms with Gasteiger partial charge in [0.05, 0.1) is 50.0 Å². The highest BCUT2D eigenvalue weighted by molar-refractivity contribution is 7.86. The SMILES string of the molecule is CC(C)(c1cccc(S(=O)(=O)O)c1)c1cccc(S(=O)(=O)O)c1.CC(C)(c1ccco1)c1ccco1.CC(C)=O.CC(c1cccc(S(=O)(=O)O)c1)c1cccc(S(=O)(=O)O)c1.c1ccoc1. The number of rotatable bonds is 10. The predicted molar refractivity (Wildman–Crippen MR) is 249 cm³/mol. The van der Waals surface area contributed by atoms with E-state index in [4.69, 9.17) is 27.0 Å². The van der Waals surface area contributed by atoms with Crippen LogP contribution in [0.2, 0.25) is 0 Å². The molecule has 7 aromatic rings. The van der Waals surface area contributed by atoms with Gasteiger partial charge in [-0.15, -0.1) is 0 Å². The van der Waals surface area contributed by atoms with Crippen molar-refractivity contribution in [2.24, 2.45) is 0 Å². The fourth-order valence-electron chi connectivity index (χ4n) is 5.96. The van der Waals surface area contributed by atoms with E-state index in [-0.39, 0.29) is 36.7 Å². The Balaban J connectivity index is 0.000000249. The highest BCUT2D eigenvalue weighted by atomic mass is 32.2. The molecule has 0 saturated carbocycles. The molecule has 3 aromatic heterocycles. The summed E-state index contributed by atoms with van der Waals surface area (Å²) in [4.78, 5) is 8.49. The first-order chi connectivity index (χ1) is 31.0. The van der Waals surface area contributed by atoms with E-state index in [1.807, 2.05) is 36.4 Å². The van der Waals surface area contributed by atoms with Crippen LogP contribution in [0, 0.1) is 0 Å². The van der Waals surface area contributed by atoms with Gasteiger partial charge < -0.3 is 18.0 Å². The van der Waals surface area contributed by atoms with E-state index in [0.29, 0.717) is 22.3 Å². The number of hydrogen-bond donors (Lipinski definition) is 4. The molecule has 0 fully saturated rings. The second kappa shape index (κ2) is 23.2. The molecule has 0 atom stereocenters. The van der Waals surface area contributed by atoms with Crippen LogP contribution < -0.4 is 0 Å². The van der Waals surface area contributed by atoms with Crippen molar-refractivity contribution in [3.05, 3.63) is 192 Å². The van der Waals surface area contributed by atoms with Crippen LogP contribution in [-0.2, 0) is 56.1 Å². The minimum absolute atomic E-state index is 0.167. The zero-order chi connectivity index (χ0) is 50.4. The summed E-state index contributed by atoms with van der Waals surface area (Å²) in [5.41, 5.74) is 1.37. The van der Waals surface area contributed by atoms with Crippen molar-refractivity contribution in [1.82, 2.24) is 0 Å². The molecule has 0 aliphatic carbocycles. The lowest BCUT2D eigenvalue weighted by atomic mass is 9.78. The number of furan rings is 3. The molecule has 4 aromatic carbocycles. The minimum Gasteiger partial charge on any atom is -0.473 e. The van der Waals surface area contributed by atoms with E-state index in [0.717, 1.165) is 11.5 Å². The average molecular weight is 1000 g/mol. The van der Waals surface area contributed by atoms with Gasteiger partial charge in [-0.05, 0) is 135 Å². The van der Waals surface area contributed by atoms with Crippen molar-refractivity contribution in [2.75, 3.05) is 0 Å². The zero-order valence-electron chi connectivity index (χ0n) is 37.4. The first kappa shape index (κ1) is 55.4. The Kier molecular flexibility index (Phi) is 19.1. The van der Waals surface area contributed by atoms with Gasteiger partial charge in [-0.25, -0.2) is 0 Å². The molecule has 0 aliphatic heterocycles. The second-order valence-corrected chi connectivity index (χ2v) is 21.4. The molecule has 0 radical (unpaired) electrons. The number of hydrogen-bond acceptors (Lipinski definition) is 12. The highest BCUT2D eigenvalue weighted by Gasteiger charge is 2.29. The smallest absolute Gasteiger partial charge is 0.294 e. The Morgan fingerprint density at radius 2 is 0.761 bits per heavy atom. The van der Waals surface area contributed by atoms with Gasteiger partial charge in [-0.1, -0.05) is 69.3 Å². The third-order valence-corrected chi connectivity index (χ3v) is 13.1. The maximum Gasteiger partial charge on any atom is 0.294 e. The molecule has 0 saturated heterocycles. The molecule has 4 N–H and O–H groups in total. The molecule has 20 heteroatoms. The minimum atomic E-state index is -4.34. The molecule has 360 valence electrons. The van der Waals surface area contributed by atoms with Crippen LogP contribution in [-0.4, -0.2) is 57.7 Å². The summed E-state index contributed by atoms with van der Waals surface area (Å²) in [5.74, 6) is 1.67. The van der Waals surface area contributed by atoms with Crippen molar-refractivity contribution in [1.29, 1.82) is 0 Å². The van der Waals surface area contributed by atoms with Gasteiger partial charge in [0.25, 0.3) is 40.5 Å². The van der Waals surface area contributed by atoms with Crippen molar-refractivity contribution >= 4 is 46.3 Å². The van der Waals surface area contributed by atoms with E-state index in [9.17, 15) is 38.5 Å². The zero-order valence-corrected chi connectivity index (χ0v) is 40.7. The summed E-state index contributed by atoms with van der Waals surface area (Å²) >= 11 is 0. The molecule has 0 bridgehead atoms. The van der Waals surface area contributed by atoms with Gasteiger partial charge in [-0.2, -0.15) is 33.7 Å². The second-order valence-electron chi connectivity index (χ2n) is 15.7. The molecule has 0 amide bonds. The average Bonchev–Trinajstić information content (AvgIpc) is 4.10. The lowest BCUT2D eigenvalue weighted by Gasteiger charge is -2.26. The van der Waals surface area contributed by atoms with Gasteiger partial charge >= 0.3 is 0 Å². The predicted octanol–water partition coefficient (Wildman–Crippen LogP) is 9.91. The van der Waals surface area contributed by atoms with Crippen molar-refractivity contribution in [2.45, 2.75) is 84.8 Å². The molecular weight excluding hydrogens is 949 g/mol. The van der Waals surface area contributed by atoms with Gasteiger partial charge in [0.15, 0.2) is 0 Å². The molecule has 7 rings (SSSR count). The fourth-order valence-corrected chi connectivity index (χ4v) is 8.08. The van der Waals surface area contributed by atoms with Gasteiger partial charge in [-0.3, -0.25) is 18.2 Å².